The molecular formula is C20H22N4O4S. The summed E-state index contributed by atoms with van der Waals surface area (Å²) in [6, 6.07) is 8.72. The minimum Gasteiger partial charge on any atom is -0.455 e. The van der Waals surface area contributed by atoms with Crippen LogP contribution in [0.3, 0.4) is 0 Å². The second-order valence-electron chi connectivity index (χ2n) is 6.76. The first-order chi connectivity index (χ1) is 13.9. The van der Waals surface area contributed by atoms with E-state index in [4.69, 9.17) is 4.74 Å². The highest BCUT2D eigenvalue weighted by atomic mass is 32.2. The van der Waals surface area contributed by atoms with Gasteiger partial charge >= 0.3 is 5.97 Å². The van der Waals surface area contributed by atoms with Crippen LogP contribution in [-0.4, -0.2) is 46.2 Å². The quantitative estimate of drug-likeness (QED) is 0.387. The van der Waals surface area contributed by atoms with Crippen LogP contribution in [0.15, 0.2) is 35.5 Å². The number of carbonyl (C=O) groups is 3. The highest BCUT2D eigenvalue weighted by Crippen LogP contribution is 2.20. The second-order valence-corrected chi connectivity index (χ2v) is 7.70. The molecular weight excluding hydrogens is 392 g/mol. The van der Waals surface area contributed by atoms with E-state index in [0.29, 0.717) is 16.4 Å². The fraction of sp³-hybridized carbons (Fsp3) is 0.350. The molecule has 1 heterocycles. The van der Waals surface area contributed by atoms with Gasteiger partial charge in [-0.2, -0.15) is 0 Å². The number of nitrogens with one attached hydrogen (secondary N) is 2. The number of esters is 1. The van der Waals surface area contributed by atoms with Crippen LogP contribution in [0.5, 0.6) is 0 Å². The normalized spacial score (nSPS) is 12.9. The number of nitrogens with zero attached hydrogens (tertiary/aromatic N) is 2. The van der Waals surface area contributed by atoms with Gasteiger partial charge in [0.25, 0.3) is 11.8 Å². The fourth-order valence-corrected chi connectivity index (χ4v) is 3.25. The number of carbonyl (C=O) groups excluding carboxylic acids is 3. The maximum atomic E-state index is 12.1. The molecule has 2 amide bonds. The maximum absolute atomic E-state index is 12.1. The van der Waals surface area contributed by atoms with E-state index >= 15 is 0 Å². The summed E-state index contributed by atoms with van der Waals surface area (Å²) in [6.45, 7) is 3.30. The van der Waals surface area contributed by atoms with Gasteiger partial charge in [0.1, 0.15) is 0 Å². The minimum absolute atomic E-state index is 0.00694. The molecule has 1 aliphatic carbocycles. The zero-order valence-corrected chi connectivity index (χ0v) is 17.0. The average molecular weight is 414 g/mol. The molecule has 1 saturated carbocycles. The molecule has 0 saturated heterocycles. The number of amides is 2. The molecule has 1 fully saturated rings. The van der Waals surface area contributed by atoms with Crippen molar-refractivity contribution in [2.45, 2.75) is 37.9 Å². The minimum atomic E-state index is -0.537. The lowest BCUT2D eigenvalue weighted by Gasteiger charge is -2.08. The molecule has 1 aromatic heterocycles. The summed E-state index contributed by atoms with van der Waals surface area (Å²) < 4.78 is 4.99. The van der Waals surface area contributed by atoms with Gasteiger partial charge < -0.3 is 15.4 Å². The molecule has 2 N–H and O–H groups in total. The van der Waals surface area contributed by atoms with Crippen molar-refractivity contribution in [1.29, 1.82) is 0 Å². The number of rotatable bonds is 8. The molecule has 0 spiro atoms. The van der Waals surface area contributed by atoms with E-state index in [1.54, 1.807) is 24.3 Å². The number of anilines is 1. The molecule has 0 aliphatic heterocycles. The third-order valence-electron chi connectivity index (χ3n) is 3.97. The summed E-state index contributed by atoms with van der Waals surface area (Å²) in [4.78, 5) is 44.4. The lowest BCUT2D eigenvalue weighted by Crippen LogP contribution is -2.25. The van der Waals surface area contributed by atoms with Crippen molar-refractivity contribution >= 4 is 35.2 Å². The third-order valence-corrected chi connectivity index (χ3v) is 4.79. The lowest BCUT2D eigenvalue weighted by atomic mass is 10.2. The largest absolute Gasteiger partial charge is 0.455 e. The predicted molar refractivity (Wildman–Crippen MR) is 109 cm³/mol. The van der Waals surface area contributed by atoms with Gasteiger partial charge in [0.2, 0.25) is 0 Å². The van der Waals surface area contributed by atoms with Gasteiger partial charge in [-0.25, -0.2) is 9.97 Å². The molecule has 2 aromatic rings. The van der Waals surface area contributed by atoms with E-state index in [1.165, 1.54) is 0 Å². The Balaban J connectivity index is 1.43. The van der Waals surface area contributed by atoms with Crippen LogP contribution in [0.25, 0.3) is 0 Å². The van der Waals surface area contributed by atoms with Gasteiger partial charge in [-0.15, -0.1) is 0 Å². The Morgan fingerprint density at radius 2 is 1.86 bits per heavy atom. The van der Waals surface area contributed by atoms with E-state index in [9.17, 15) is 14.4 Å². The number of thioether (sulfide) groups is 1. The van der Waals surface area contributed by atoms with Crippen LogP contribution in [0.2, 0.25) is 0 Å². The van der Waals surface area contributed by atoms with E-state index < -0.39 is 18.5 Å². The highest BCUT2D eigenvalue weighted by molar-refractivity contribution is 7.99. The summed E-state index contributed by atoms with van der Waals surface area (Å²) in [5.41, 5.74) is 2.57. The molecule has 0 atom stereocenters. The number of hydrogen-bond acceptors (Lipinski definition) is 7. The topological polar surface area (TPSA) is 110 Å². The summed E-state index contributed by atoms with van der Waals surface area (Å²) >= 11 is 1.15. The van der Waals surface area contributed by atoms with E-state index in [0.717, 1.165) is 36.0 Å². The first kappa shape index (κ1) is 20.8. The number of benzene rings is 1. The maximum Gasteiger partial charge on any atom is 0.316 e. The molecule has 152 valence electrons. The van der Waals surface area contributed by atoms with Gasteiger partial charge in [-0.05, 0) is 51.0 Å². The second kappa shape index (κ2) is 9.51. The zero-order chi connectivity index (χ0) is 20.8. The van der Waals surface area contributed by atoms with Crippen LogP contribution in [-0.2, 0) is 14.3 Å². The Morgan fingerprint density at radius 1 is 1.14 bits per heavy atom. The van der Waals surface area contributed by atoms with Crippen molar-refractivity contribution in [2.75, 3.05) is 17.7 Å². The van der Waals surface area contributed by atoms with Crippen molar-refractivity contribution in [3.63, 3.8) is 0 Å². The number of aryl methyl sites for hydroxylation is 2. The van der Waals surface area contributed by atoms with Crippen LogP contribution in [0, 0.1) is 13.8 Å². The molecule has 0 radical (unpaired) electrons. The van der Waals surface area contributed by atoms with Gasteiger partial charge in [0.15, 0.2) is 11.8 Å². The van der Waals surface area contributed by atoms with E-state index in [-0.39, 0.29) is 17.7 Å². The van der Waals surface area contributed by atoms with Crippen molar-refractivity contribution in [3.8, 4) is 0 Å². The van der Waals surface area contributed by atoms with Gasteiger partial charge in [-0.1, -0.05) is 17.8 Å². The Labute approximate surface area is 172 Å². The van der Waals surface area contributed by atoms with Crippen LogP contribution < -0.4 is 10.6 Å². The first-order valence-corrected chi connectivity index (χ1v) is 10.2. The van der Waals surface area contributed by atoms with Crippen molar-refractivity contribution in [2.24, 2.45) is 0 Å². The molecule has 0 unspecified atom stereocenters. The van der Waals surface area contributed by atoms with Crippen molar-refractivity contribution < 1.29 is 19.1 Å². The SMILES string of the molecule is Cc1cc(C)nc(SCC(=O)OCC(=O)Nc2cccc(C(=O)NC3CC3)c2)n1. The Hall–Kier alpha value is -2.94. The Morgan fingerprint density at radius 3 is 2.55 bits per heavy atom. The lowest BCUT2D eigenvalue weighted by molar-refractivity contribution is -0.144. The van der Waals surface area contributed by atoms with Crippen molar-refractivity contribution in [1.82, 2.24) is 15.3 Å². The van der Waals surface area contributed by atoms with Crippen LogP contribution in [0.4, 0.5) is 5.69 Å². The predicted octanol–water partition coefficient (Wildman–Crippen LogP) is 2.26. The monoisotopic (exact) mass is 414 g/mol. The molecule has 0 bridgehead atoms. The number of hydrogen-bond donors (Lipinski definition) is 2. The Bertz CT molecular complexity index is 910. The third kappa shape index (κ3) is 6.86. The van der Waals surface area contributed by atoms with Gasteiger partial charge in [-0.3, -0.25) is 14.4 Å². The molecule has 8 nitrogen and oxygen atoms in total. The molecule has 9 heteroatoms. The summed E-state index contributed by atoms with van der Waals surface area (Å²) in [7, 11) is 0. The van der Waals surface area contributed by atoms with Crippen molar-refractivity contribution in [3.05, 3.63) is 47.3 Å². The number of ether oxygens (including phenoxy) is 1. The van der Waals surface area contributed by atoms with Gasteiger partial charge in [0, 0.05) is 28.7 Å². The Kier molecular flexibility index (Phi) is 6.82. The van der Waals surface area contributed by atoms with E-state index in [2.05, 4.69) is 20.6 Å². The van der Waals surface area contributed by atoms with E-state index in [1.807, 2.05) is 19.9 Å². The zero-order valence-electron chi connectivity index (χ0n) is 16.2. The average Bonchev–Trinajstić information content (AvgIpc) is 3.48. The van der Waals surface area contributed by atoms with Crippen LogP contribution >= 0.6 is 11.8 Å². The summed E-state index contributed by atoms with van der Waals surface area (Å²) in [5, 5.41) is 6.01. The highest BCUT2D eigenvalue weighted by Gasteiger charge is 2.23. The summed E-state index contributed by atoms with van der Waals surface area (Å²) in [6.07, 6.45) is 2.00. The molecule has 1 aromatic carbocycles. The standard InChI is InChI=1S/C20H22N4O4S/c1-12-8-13(2)22-20(21-12)29-11-18(26)28-10-17(25)23-16-5-3-4-14(9-16)19(27)24-15-6-7-15/h3-5,8-9,15H,6-7,10-11H2,1-2H3,(H,23,25)(H,24,27). The fourth-order valence-electron chi connectivity index (χ4n) is 2.50. The first-order valence-electron chi connectivity index (χ1n) is 9.20. The van der Waals surface area contributed by atoms with Gasteiger partial charge in [0.05, 0.1) is 5.75 Å². The van der Waals surface area contributed by atoms with Crippen LogP contribution in [0.1, 0.15) is 34.6 Å². The molecule has 29 heavy (non-hydrogen) atoms. The number of aromatic nitrogens is 2. The molecule has 3 rings (SSSR count). The smallest absolute Gasteiger partial charge is 0.316 e. The summed E-state index contributed by atoms with van der Waals surface area (Å²) in [5.74, 6) is -1.18. The molecule has 1 aliphatic rings.